The number of rotatable bonds is 2. The highest BCUT2D eigenvalue weighted by Crippen LogP contribution is 2.47. The first-order valence-electron chi connectivity index (χ1n) is 7.11. The van der Waals surface area contributed by atoms with Crippen molar-refractivity contribution >= 4 is 0 Å². The molecule has 0 aliphatic heterocycles. The second-order valence-corrected chi connectivity index (χ2v) is 7.14. The highest BCUT2D eigenvalue weighted by Gasteiger charge is 2.36. The topological polar surface area (TPSA) is 20.2 Å². The zero-order valence-electron chi connectivity index (χ0n) is 12.2. The smallest absolute Gasteiger partial charge is 0.0843 e. The van der Waals surface area contributed by atoms with Crippen molar-refractivity contribution in [3.05, 3.63) is 35.4 Å². The number of aliphatic hydroxyl groups excluding tert-OH is 1. The zero-order chi connectivity index (χ0) is 13.4. The minimum atomic E-state index is -0.311. The van der Waals surface area contributed by atoms with Crippen LogP contribution >= 0.6 is 0 Å². The van der Waals surface area contributed by atoms with Crippen LogP contribution in [-0.4, -0.2) is 5.11 Å². The molecule has 1 fully saturated rings. The molecule has 0 bridgehead atoms. The Morgan fingerprint density at radius 2 is 1.56 bits per heavy atom. The lowest BCUT2D eigenvalue weighted by Crippen LogP contribution is -2.22. The lowest BCUT2D eigenvalue weighted by atomic mass is 9.78. The molecule has 1 N–H and O–H groups in total. The van der Waals surface area contributed by atoms with E-state index in [1.54, 1.807) is 0 Å². The lowest BCUT2D eigenvalue weighted by molar-refractivity contribution is 0.0408. The van der Waals surface area contributed by atoms with Gasteiger partial charge < -0.3 is 5.11 Å². The Hall–Kier alpha value is -0.820. The van der Waals surface area contributed by atoms with Crippen LogP contribution in [-0.2, 0) is 5.41 Å². The van der Waals surface area contributed by atoms with Crippen molar-refractivity contribution in [1.29, 1.82) is 0 Å². The maximum absolute atomic E-state index is 10.6. The molecule has 1 heteroatoms. The summed E-state index contributed by atoms with van der Waals surface area (Å²) in [5.41, 5.74) is 2.67. The monoisotopic (exact) mass is 246 g/mol. The predicted octanol–water partition coefficient (Wildman–Crippen LogP) is 4.60. The number of benzene rings is 1. The summed E-state index contributed by atoms with van der Waals surface area (Å²) in [6, 6.07) is 8.54. The van der Waals surface area contributed by atoms with Crippen LogP contribution < -0.4 is 0 Å². The molecule has 100 valence electrons. The van der Waals surface area contributed by atoms with E-state index in [4.69, 9.17) is 0 Å². The molecule has 1 aromatic rings. The zero-order valence-corrected chi connectivity index (χ0v) is 12.2. The van der Waals surface area contributed by atoms with Gasteiger partial charge in [-0.2, -0.15) is 0 Å². The van der Waals surface area contributed by atoms with Gasteiger partial charge in [-0.3, -0.25) is 0 Å². The van der Waals surface area contributed by atoms with Crippen molar-refractivity contribution in [2.45, 2.75) is 64.9 Å². The van der Waals surface area contributed by atoms with Gasteiger partial charge in [-0.1, -0.05) is 64.8 Å². The number of hydrogen-bond donors (Lipinski definition) is 1. The van der Waals surface area contributed by atoms with E-state index < -0.39 is 0 Å². The molecule has 1 aromatic carbocycles. The first-order valence-corrected chi connectivity index (χ1v) is 7.11. The molecule has 1 saturated carbocycles. The third-order valence-electron chi connectivity index (χ3n) is 4.50. The van der Waals surface area contributed by atoms with Crippen LogP contribution in [0.25, 0.3) is 0 Å². The number of hydrogen-bond acceptors (Lipinski definition) is 1. The van der Waals surface area contributed by atoms with E-state index in [1.165, 1.54) is 18.4 Å². The minimum absolute atomic E-state index is 0.0866. The van der Waals surface area contributed by atoms with Gasteiger partial charge in [-0.05, 0) is 34.8 Å². The Kier molecular flexibility index (Phi) is 3.55. The minimum Gasteiger partial charge on any atom is -0.388 e. The molecular formula is C17H26O. The van der Waals surface area contributed by atoms with Gasteiger partial charge in [0.15, 0.2) is 0 Å². The van der Waals surface area contributed by atoms with E-state index in [0.717, 1.165) is 18.4 Å². The Morgan fingerprint density at radius 3 is 2.00 bits per heavy atom. The van der Waals surface area contributed by atoms with Crippen molar-refractivity contribution in [3.8, 4) is 0 Å². The summed E-state index contributed by atoms with van der Waals surface area (Å²) in [7, 11) is 0. The average molecular weight is 246 g/mol. The van der Waals surface area contributed by atoms with E-state index in [2.05, 4.69) is 52.0 Å². The molecule has 0 saturated heterocycles. The Bertz CT molecular complexity index is 391. The summed E-state index contributed by atoms with van der Waals surface area (Å²) in [6.07, 6.45) is 4.50. The largest absolute Gasteiger partial charge is 0.388 e. The van der Waals surface area contributed by atoms with Crippen LogP contribution in [0.15, 0.2) is 24.3 Å². The molecule has 1 unspecified atom stereocenters. The third-order valence-corrected chi connectivity index (χ3v) is 4.50. The highest BCUT2D eigenvalue weighted by molar-refractivity contribution is 5.29. The normalized spacial score (nSPS) is 20.9. The van der Waals surface area contributed by atoms with E-state index >= 15 is 0 Å². The van der Waals surface area contributed by atoms with E-state index in [-0.39, 0.29) is 16.9 Å². The highest BCUT2D eigenvalue weighted by atomic mass is 16.3. The molecule has 0 heterocycles. The van der Waals surface area contributed by atoms with Gasteiger partial charge >= 0.3 is 0 Å². The molecule has 0 aromatic heterocycles. The SMILES string of the molecule is CC(C)(C)c1ccc(C(O)C2(C)CCCC2)cc1. The van der Waals surface area contributed by atoms with Crippen LogP contribution in [0.3, 0.4) is 0 Å². The van der Waals surface area contributed by atoms with Crippen LogP contribution in [0.5, 0.6) is 0 Å². The van der Waals surface area contributed by atoms with Crippen LogP contribution in [0, 0.1) is 5.41 Å². The Labute approximate surface area is 111 Å². The molecule has 1 aliphatic carbocycles. The molecule has 0 amide bonds. The number of aliphatic hydroxyl groups is 1. The van der Waals surface area contributed by atoms with Gasteiger partial charge in [0.25, 0.3) is 0 Å². The van der Waals surface area contributed by atoms with Gasteiger partial charge in [0.05, 0.1) is 6.10 Å². The van der Waals surface area contributed by atoms with Crippen LogP contribution in [0.2, 0.25) is 0 Å². The summed E-state index contributed by atoms with van der Waals surface area (Å²) in [5.74, 6) is 0. The van der Waals surface area contributed by atoms with Crippen molar-refractivity contribution in [1.82, 2.24) is 0 Å². The fourth-order valence-corrected chi connectivity index (χ4v) is 3.02. The molecular weight excluding hydrogens is 220 g/mol. The lowest BCUT2D eigenvalue weighted by Gasteiger charge is -2.30. The second kappa shape index (κ2) is 4.70. The van der Waals surface area contributed by atoms with Gasteiger partial charge in [0.1, 0.15) is 0 Å². The molecule has 0 radical (unpaired) electrons. The summed E-state index contributed by atoms with van der Waals surface area (Å²) < 4.78 is 0. The van der Waals surface area contributed by atoms with Gasteiger partial charge in [0.2, 0.25) is 0 Å². The van der Waals surface area contributed by atoms with Gasteiger partial charge in [-0.25, -0.2) is 0 Å². The second-order valence-electron chi connectivity index (χ2n) is 7.14. The van der Waals surface area contributed by atoms with E-state index in [1.807, 2.05) is 0 Å². The standard InChI is InChI=1S/C17H26O/c1-16(2,3)14-9-7-13(8-10-14)15(18)17(4)11-5-6-12-17/h7-10,15,18H,5-6,11-12H2,1-4H3. The van der Waals surface area contributed by atoms with Gasteiger partial charge in [-0.15, -0.1) is 0 Å². The first-order chi connectivity index (χ1) is 8.33. The van der Waals surface area contributed by atoms with Gasteiger partial charge in [0, 0.05) is 0 Å². The summed E-state index contributed by atoms with van der Waals surface area (Å²) in [5, 5.41) is 10.6. The fraction of sp³-hybridized carbons (Fsp3) is 0.647. The van der Waals surface area contributed by atoms with Crippen molar-refractivity contribution in [2.75, 3.05) is 0 Å². The molecule has 18 heavy (non-hydrogen) atoms. The van der Waals surface area contributed by atoms with Crippen molar-refractivity contribution in [3.63, 3.8) is 0 Å². The van der Waals surface area contributed by atoms with Crippen LogP contribution in [0.4, 0.5) is 0 Å². The van der Waals surface area contributed by atoms with Crippen molar-refractivity contribution < 1.29 is 5.11 Å². The Morgan fingerprint density at radius 1 is 1.06 bits per heavy atom. The summed E-state index contributed by atoms with van der Waals surface area (Å²) in [6.45, 7) is 8.88. The average Bonchev–Trinajstić information content (AvgIpc) is 2.75. The summed E-state index contributed by atoms with van der Waals surface area (Å²) in [4.78, 5) is 0. The Balaban J connectivity index is 2.19. The molecule has 1 nitrogen and oxygen atoms in total. The maximum Gasteiger partial charge on any atom is 0.0843 e. The fourth-order valence-electron chi connectivity index (χ4n) is 3.02. The predicted molar refractivity (Wildman–Crippen MR) is 76.7 cm³/mol. The van der Waals surface area contributed by atoms with E-state index in [0.29, 0.717) is 0 Å². The van der Waals surface area contributed by atoms with Crippen molar-refractivity contribution in [2.24, 2.45) is 5.41 Å². The molecule has 2 rings (SSSR count). The molecule has 0 spiro atoms. The quantitative estimate of drug-likeness (QED) is 0.808. The molecule has 1 aliphatic rings. The first kappa shape index (κ1) is 13.6. The van der Waals surface area contributed by atoms with Crippen LogP contribution in [0.1, 0.15) is 70.6 Å². The molecule has 1 atom stereocenters. The third kappa shape index (κ3) is 2.61. The summed E-state index contributed by atoms with van der Waals surface area (Å²) >= 11 is 0. The maximum atomic E-state index is 10.6. The van der Waals surface area contributed by atoms with E-state index in [9.17, 15) is 5.11 Å².